The Labute approximate surface area is 225 Å². The smallest absolute Gasteiger partial charge is 0.165 e. The summed E-state index contributed by atoms with van der Waals surface area (Å²) in [5.74, 6) is 0.836. The van der Waals surface area contributed by atoms with Gasteiger partial charge in [-0.15, -0.1) is 0 Å². The fourth-order valence-electron chi connectivity index (χ4n) is 5.68. The van der Waals surface area contributed by atoms with Crippen molar-refractivity contribution in [1.29, 1.82) is 0 Å². The lowest BCUT2D eigenvalue weighted by atomic mass is 10.0. The first-order valence-electron chi connectivity index (χ1n) is 13.2. The number of hydrogen-bond acceptors (Lipinski definition) is 2. The van der Waals surface area contributed by atoms with E-state index in [-0.39, 0.29) is 0 Å². The van der Waals surface area contributed by atoms with Gasteiger partial charge in [-0.25, -0.2) is 9.97 Å². The van der Waals surface area contributed by atoms with Gasteiger partial charge in [-0.05, 0) is 58.3 Å². The number of para-hydroxylation sites is 2. The zero-order valence-corrected chi connectivity index (χ0v) is 21.1. The van der Waals surface area contributed by atoms with Gasteiger partial charge in [-0.1, -0.05) is 103 Å². The van der Waals surface area contributed by atoms with Gasteiger partial charge in [-0.2, -0.15) is 0 Å². The van der Waals surface area contributed by atoms with Gasteiger partial charge in [0.05, 0.1) is 22.1 Å². The van der Waals surface area contributed by atoms with Gasteiger partial charge in [0.15, 0.2) is 5.82 Å². The monoisotopic (exact) mass is 497 g/mol. The molecule has 0 unspecified atom stereocenters. The standard InChI is InChI=1S/C36H23N3/c1-3-11-24(12-4-1)28-19-20-33-29(22-28)30-21-26-15-7-8-16-27(26)23-34(30)39(33)36-35(25-13-5-2-6-14-25)37-31-17-9-10-18-32(31)38-36/h1-23H. The van der Waals surface area contributed by atoms with E-state index in [9.17, 15) is 0 Å². The topological polar surface area (TPSA) is 30.7 Å². The molecule has 0 aliphatic heterocycles. The van der Waals surface area contributed by atoms with Crippen LogP contribution in [0.15, 0.2) is 140 Å². The van der Waals surface area contributed by atoms with Crippen LogP contribution in [0.5, 0.6) is 0 Å². The first-order valence-corrected chi connectivity index (χ1v) is 13.2. The Kier molecular flexibility index (Phi) is 4.82. The average molecular weight is 498 g/mol. The summed E-state index contributed by atoms with van der Waals surface area (Å²) in [6.45, 7) is 0. The fourth-order valence-corrected chi connectivity index (χ4v) is 5.68. The summed E-state index contributed by atoms with van der Waals surface area (Å²) in [6.07, 6.45) is 0. The molecule has 8 rings (SSSR count). The minimum atomic E-state index is 0.836. The van der Waals surface area contributed by atoms with E-state index in [4.69, 9.17) is 9.97 Å². The first kappa shape index (κ1) is 21.8. The van der Waals surface area contributed by atoms with Gasteiger partial charge in [0, 0.05) is 16.3 Å². The Morgan fingerprint density at radius 2 is 1.00 bits per heavy atom. The predicted molar refractivity (Wildman–Crippen MR) is 162 cm³/mol. The van der Waals surface area contributed by atoms with E-state index in [2.05, 4.69) is 114 Å². The van der Waals surface area contributed by atoms with E-state index in [0.29, 0.717) is 0 Å². The third-order valence-corrected chi connectivity index (χ3v) is 7.55. The van der Waals surface area contributed by atoms with E-state index in [1.165, 1.54) is 32.7 Å². The van der Waals surface area contributed by atoms with Crippen molar-refractivity contribution in [2.24, 2.45) is 0 Å². The number of rotatable bonds is 3. The summed E-state index contributed by atoms with van der Waals surface area (Å²) in [7, 11) is 0. The van der Waals surface area contributed by atoms with Crippen LogP contribution in [-0.2, 0) is 0 Å². The first-order chi connectivity index (χ1) is 19.3. The second-order valence-electron chi connectivity index (χ2n) is 9.90. The third-order valence-electron chi connectivity index (χ3n) is 7.55. The van der Waals surface area contributed by atoms with E-state index in [1.807, 2.05) is 30.3 Å². The molecule has 3 heteroatoms. The van der Waals surface area contributed by atoms with Crippen molar-refractivity contribution in [2.75, 3.05) is 0 Å². The van der Waals surface area contributed by atoms with Crippen LogP contribution in [0.3, 0.4) is 0 Å². The molecular formula is C36H23N3. The molecule has 0 amide bonds. The molecule has 0 saturated carbocycles. The molecule has 0 saturated heterocycles. The molecule has 2 aromatic heterocycles. The second-order valence-corrected chi connectivity index (χ2v) is 9.90. The van der Waals surface area contributed by atoms with E-state index < -0.39 is 0 Å². The predicted octanol–water partition coefficient (Wildman–Crippen LogP) is 9.21. The highest BCUT2D eigenvalue weighted by molar-refractivity contribution is 6.14. The van der Waals surface area contributed by atoms with Crippen LogP contribution in [-0.4, -0.2) is 14.5 Å². The largest absolute Gasteiger partial charge is 0.292 e. The molecule has 2 heterocycles. The third kappa shape index (κ3) is 3.52. The number of fused-ring (bicyclic) bond motifs is 5. The average Bonchev–Trinajstić information content (AvgIpc) is 3.32. The van der Waals surface area contributed by atoms with Crippen molar-refractivity contribution in [3.63, 3.8) is 0 Å². The molecule has 0 N–H and O–H groups in total. The second kappa shape index (κ2) is 8.64. The van der Waals surface area contributed by atoms with Gasteiger partial charge in [-0.3, -0.25) is 4.57 Å². The maximum atomic E-state index is 5.26. The molecular weight excluding hydrogens is 474 g/mol. The van der Waals surface area contributed by atoms with Crippen molar-refractivity contribution >= 4 is 43.6 Å². The van der Waals surface area contributed by atoms with E-state index in [0.717, 1.165) is 39.1 Å². The normalized spacial score (nSPS) is 11.6. The minimum Gasteiger partial charge on any atom is -0.292 e. The van der Waals surface area contributed by atoms with Crippen LogP contribution in [0.4, 0.5) is 0 Å². The quantitative estimate of drug-likeness (QED) is 0.244. The Bertz CT molecular complexity index is 2160. The van der Waals surface area contributed by atoms with Gasteiger partial charge >= 0.3 is 0 Å². The lowest BCUT2D eigenvalue weighted by molar-refractivity contribution is 1.08. The zero-order valence-electron chi connectivity index (χ0n) is 21.1. The highest BCUT2D eigenvalue weighted by Gasteiger charge is 2.20. The van der Waals surface area contributed by atoms with Crippen LogP contribution in [0, 0.1) is 0 Å². The molecule has 39 heavy (non-hydrogen) atoms. The summed E-state index contributed by atoms with van der Waals surface area (Å²) >= 11 is 0. The molecule has 0 bridgehead atoms. The van der Waals surface area contributed by atoms with Crippen LogP contribution < -0.4 is 0 Å². The molecule has 8 aromatic rings. The molecule has 0 spiro atoms. The molecule has 0 atom stereocenters. The Morgan fingerprint density at radius 1 is 0.410 bits per heavy atom. The molecule has 0 aliphatic rings. The van der Waals surface area contributed by atoms with Crippen LogP contribution in [0.1, 0.15) is 0 Å². The number of hydrogen-bond donors (Lipinski definition) is 0. The van der Waals surface area contributed by atoms with Gasteiger partial charge in [0.25, 0.3) is 0 Å². The van der Waals surface area contributed by atoms with Crippen molar-refractivity contribution in [1.82, 2.24) is 14.5 Å². The van der Waals surface area contributed by atoms with Crippen molar-refractivity contribution in [3.8, 4) is 28.2 Å². The Balaban J connectivity index is 1.53. The summed E-state index contributed by atoms with van der Waals surface area (Å²) in [5, 5.41) is 4.83. The highest BCUT2D eigenvalue weighted by atomic mass is 15.1. The Hall–Kier alpha value is -5.28. The molecule has 182 valence electrons. The highest BCUT2D eigenvalue weighted by Crippen LogP contribution is 2.39. The summed E-state index contributed by atoms with van der Waals surface area (Å²) in [5.41, 5.74) is 8.31. The summed E-state index contributed by atoms with van der Waals surface area (Å²) in [4.78, 5) is 10.4. The molecule has 0 fully saturated rings. The lowest BCUT2D eigenvalue weighted by Gasteiger charge is -2.14. The summed E-state index contributed by atoms with van der Waals surface area (Å²) in [6, 6.07) is 49.0. The molecule has 0 radical (unpaired) electrons. The van der Waals surface area contributed by atoms with Crippen LogP contribution >= 0.6 is 0 Å². The van der Waals surface area contributed by atoms with E-state index >= 15 is 0 Å². The zero-order chi connectivity index (χ0) is 25.8. The SMILES string of the molecule is c1ccc(-c2ccc3c(c2)c2cc4ccccc4cc2n3-c2nc3ccccc3nc2-c2ccccc2)cc1. The van der Waals surface area contributed by atoms with Gasteiger partial charge in [0.1, 0.15) is 5.69 Å². The maximum Gasteiger partial charge on any atom is 0.165 e. The van der Waals surface area contributed by atoms with Gasteiger partial charge in [0.2, 0.25) is 0 Å². The minimum absolute atomic E-state index is 0.836. The Morgan fingerprint density at radius 3 is 1.74 bits per heavy atom. The number of benzene rings is 6. The van der Waals surface area contributed by atoms with E-state index in [1.54, 1.807) is 0 Å². The van der Waals surface area contributed by atoms with Crippen LogP contribution in [0.2, 0.25) is 0 Å². The molecule has 3 nitrogen and oxygen atoms in total. The fraction of sp³-hybridized carbons (Fsp3) is 0. The van der Waals surface area contributed by atoms with Crippen molar-refractivity contribution < 1.29 is 0 Å². The van der Waals surface area contributed by atoms with Crippen molar-refractivity contribution in [3.05, 3.63) is 140 Å². The van der Waals surface area contributed by atoms with Crippen molar-refractivity contribution in [2.45, 2.75) is 0 Å². The summed E-state index contributed by atoms with van der Waals surface area (Å²) < 4.78 is 2.30. The molecule has 6 aromatic carbocycles. The lowest BCUT2D eigenvalue weighted by Crippen LogP contribution is -2.03. The van der Waals surface area contributed by atoms with Gasteiger partial charge < -0.3 is 0 Å². The number of nitrogens with zero attached hydrogens (tertiary/aromatic N) is 3. The maximum absolute atomic E-state index is 5.26. The molecule has 0 aliphatic carbocycles. The number of aromatic nitrogens is 3. The van der Waals surface area contributed by atoms with Crippen LogP contribution in [0.25, 0.3) is 71.8 Å².